The molecule has 0 aliphatic heterocycles. The molecule has 0 radical (unpaired) electrons. The van der Waals surface area contributed by atoms with Crippen LogP contribution in [-0.2, 0) is 4.79 Å². The Morgan fingerprint density at radius 1 is 0.963 bits per heavy atom. The van der Waals surface area contributed by atoms with Crippen LogP contribution in [0.3, 0.4) is 0 Å². The van der Waals surface area contributed by atoms with Gasteiger partial charge in [-0.1, -0.05) is 15.9 Å². The number of hydrogen-bond donors (Lipinski definition) is 3. The van der Waals surface area contributed by atoms with E-state index in [9.17, 15) is 9.59 Å². The van der Waals surface area contributed by atoms with E-state index in [-0.39, 0.29) is 5.91 Å². The van der Waals surface area contributed by atoms with E-state index in [2.05, 4.69) is 32.1 Å². The normalized spacial score (nSPS) is 10.7. The van der Waals surface area contributed by atoms with E-state index in [1.807, 2.05) is 12.1 Å². The molecular formula is C19H20BrN3O4. The van der Waals surface area contributed by atoms with Gasteiger partial charge in [0, 0.05) is 33.6 Å². The van der Waals surface area contributed by atoms with E-state index in [4.69, 9.17) is 9.47 Å². The number of halogens is 1. The molecule has 2 aromatic carbocycles. The van der Waals surface area contributed by atoms with Gasteiger partial charge in [0.2, 0.25) is 5.91 Å². The summed E-state index contributed by atoms with van der Waals surface area (Å²) < 4.78 is 11.2. The predicted molar refractivity (Wildman–Crippen MR) is 107 cm³/mol. The van der Waals surface area contributed by atoms with Crippen molar-refractivity contribution in [3.05, 3.63) is 64.3 Å². The molecule has 0 aliphatic rings. The van der Waals surface area contributed by atoms with Crippen LogP contribution in [0.25, 0.3) is 0 Å². The van der Waals surface area contributed by atoms with Gasteiger partial charge in [-0.2, -0.15) is 0 Å². The number of anilines is 1. The van der Waals surface area contributed by atoms with Crippen LogP contribution in [0.4, 0.5) is 5.69 Å². The SMILES string of the molecule is COc1cc(OC)cc(C(=O)NN/C(C)=C/C(=O)Nc2ccc(Br)cc2)c1. The second-order valence-corrected chi connectivity index (χ2v) is 6.42. The van der Waals surface area contributed by atoms with E-state index in [0.717, 1.165) is 4.47 Å². The Hall–Kier alpha value is -3.00. The zero-order valence-corrected chi connectivity index (χ0v) is 16.7. The molecule has 2 rings (SSSR count). The highest BCUT2D eigenvalue weighted by Crippen LogP contribution is 2.22. The van der Waals surface area contributed by atoms with Crippen molar-refractivity contribution in [2.45, 2.75) is 6.92 Å². The molecule has 2 aromatic rings. The number of amides is 2. The van der Waals surface area contributed by atoms with Gasteiger partial charge in [-0.25, -0.2) is 0 Å². The summed E-state index contributed by atoms with van der Waals surface area (Å²) in [5, 5.41) is 2.73. The van der Waals surface area contributed by atoms with Crippen LogP contribution in [0.15, 0.2) is 58.7 Å². The molecule has 8 heteroatoms. The summed E-state index contributed by atoms with van der Waals surface area (Å²) in [6.07, 6.45) is 1.34. The van der Waals surface area contributed by atoms with Gasteiger partial charge < -0.3 is 20.2 Å². The highest BCUT2D eigenvalue weighted by molar-refractivity contribution is 9.10. The van der Waals surface area contributed by atoms with E-state index >= 15 is 0 Å². The molecule has 0 saturated heterocycles. The topological polar surface area (TPSA) is 88.7 Å². The molecule has 0 saturated carbocycles. The smallest absolute Gasteiger partial charge is 0.269 e. The minimum atomic E-state index is -0.395. The van der Waals surface area contributed by atoms with E-state index in [0.29, 0.717) is 28.4 Å². The quantitative estimate of drug-likeness (QED) is 0.460. The van der Waals surface area contributed by atoms with Crippen LogP contribution in [0.2, 0.25) is 0 Å². The third kappa shape index (κ3) is 6.34. The maximum absolute atomic E-state index is 12.3. The lowest BCUT2D eigenvalue weighted by Gasteiger charge is -2.11. The third-order valence-corrected chi connectivity index (χ3v) is 3.97. The van der Waals surface area contributed by atoms with Gasteiger partial charge in [-0.05, 0) is 43.3 Å². The Kier molecular flexibility index (Phi) is 7.25. The molecule has 27 heavy (non-hydrogen) atoms. The number of hydrogen-bond acceptors (Lipinski definition) is 5. The molecule has 7 nitrogen and oxygen atoms in total. The number of methoxy groups -OCH3 is 2. The maximum atomic E-state index is 12.3. The van der Waals surface area contributed by atoms with Gasteiger partial charge in [-0.15, -0.1) is 0 Å². The predicted octanol–water partition coefficient (Wildman–Crippen LogP) is 3.24. The number of allylic oxidation sites excluding steroid dienone is 1. The highest BCUT2D eigenvalue weighted by Gasteiger charge is 2.10. The summed E-state index contributed by atoms with van der Waals surface area (Å²) in [5.41, 5.74) is 6.70. The number of rotatable bonds is 7. The van der Waals surface area contributed by atoms with Crippen LogP contribution in [0.5, 0.6) is 11.5 Å². The van der Waals surface area contributed by atoms with Crippen molar-refractivity contribution in [2.75, 3.05) is 19.5 Å². The monoisotopic (exact) mass is 433 g/mol. The summed E-state index contributed by atoms with van der Waals surface area (Å²) in [7, 11) is 3.01. The van der Waals surface area contributed by atoms with Crippen LogP contribution in [0.1, 0.15) is 17.3 Å². The Labute approximate surface area is 165 Å². The van der Waals surface area contributed by atoms with Gasteiger partial charge in [0.25, 0.3) is 5.91 Å². The number of ether oxygens (including phenoxy) is 2. The highest BCUT2D eigenvalue weighted by atomic mass is 79.9. The van der Waals surface area contributed by atoms with Crippen LogP contribution in [0, 0.1) is 0 Å². The molecule has 0 aromatic heterocycles. The third-order valence-electron chi connectivity index (χ3n) is 3.45. The zero-order chi connectivity index (χ0) is 19.8. The molecule has 0 atom stereocenters. The first kappa shape index (κ1) is 20.3. The first-order valence-corrected chi connectivity index (χ1v) is 8.75. The van der Waals surface area contributed by atoms with Crippen LogP contribution in [-0.4, -0.2) is 26.0 Å². The van der Waals surface area contributed by atoms with Crippen molar-refractivity contribution in [1.29, 1.82) is 0 Å². The fraction of sp³-hybridized carbons (Fsp3) is 0.158. The Morgan fingerprint density at radius 3 is 2.11 bits per heavy atom. The molecule has 0 heterocycles. The van der Waals surface area contributed by atoms with Crippen molar-refractivity contribution in [3.63, 3.8) is 0 Å². The summed E-state index contributed by atoms with van der Waals surface area (Å²) >= 11 is 3.33. The first-order chi connectivity index (χ1) is 12.9. The molecule has 3 N–H and O–H groups in total. The van der Waals surface area contributed by atoms with Gasteiger partial charge in [-0.3, -0.25) is 15.0 Å². The molecule has 142 valence electrons. The molecule has 0 spiro atoms. The fourth-order valence-corrected chi connectivity index (χ4v) is 2.37. The number of carbonyl (C=O) groups excluding carboxylic acids is 2. The summed E-state index contributed by atoms with van der Waals surface area (Å²) in [6, 6.07) is 12.0. The molecule has 0 unspecified atom stereocenters. The van der Waals surface area contributed by atoms with Crippen molar-refractivity contribution in [2.24, 2.45) is 0 Å². The van der Waals surface area contributed by atoms with Crippen molar-refractivity contribution in [1.82, 2.24) is 10.9 Å². The lowest BCUT2D eigenvalue weighted by atomic mass is 10.2. The number of nitrogens with one attached hydrogen (secondary N) is 3. The van der Waals surface area contributed by atoms with Crippen molar-refractivity contribution in [3.8, 4) is 11.5 Å². The van der Waals surface area contributed by atoms with E-state index < -0.39 is 5.91 Å². The number of carbonyl (C=O) groups is 2. The fourth-order valence-electron chi connectivity index (χ4n) is 2.11. The molecular weight excluding hydrogens is 414 g/mol. The maximum Gasteiger partial charge on any atom is 0.269 e. The average molecular weight is 434 g/mol. The number of benzene rings is 2. The summed E-state index contributed by atoms with van der Waals surface area (Å²) in [6.45, 7) is 1.66. The Bertz CT molecular complexity index is 828. The Balaban J connectivity index is 1.94. The van der Waals surface area contributed by atoms with Gasteiger partial charge in [0.1, 0.15) is 11.5 Å². The summed E-state index contributed by atoms with van der Waals surface area (Å²) in [4.78, 5) is 24.3. The second-order valence-electron chi connectivity index (χ2n) is 5.50. The van der Waals surface area contributed by atoms with Crippen molar-refractivity contribution >= 4 is 33.4 Å². The Morgan fingerprint density at radius 2 is 1.56 bits per heavy atom. The zero-order valence-electron chi connectivity index (χ0n) is 15.1. The van der Waals surface area contributed by atoms with Gasteiger partial charge in [0.15, 0.2) is 0 Å². The van der Waals surface area contributed by atoms with Gasteiger partial charge in [0.05, 0.1) is 14.2 Å². The van der Waals surface area contributed by atoms with E-state index in [1.165, 1.54) is 20.3 Å². The minimum Gasteiger partial charge on any atom is -0.497 e. The molecule has 2 amide bonds. The number of hydrazine groups is 1. The summed E-state index contributed by atoms with van der Waals surface area (Å²) in [5.74, 6) is 0.286. The lowest BCUT2D eigenvalue weighted by Crippen LogP contribution is -2.36. The van der Waals surface area contributed by atoms with Gasteiger partial charge >= 0.3 is 0 Å². The van der Waals surface area contributed by atoms with Crippen molar-refractivity contribution < 1.29 is 19.1 Å². The van der Waals surface area contributed by atoms with Crippen LogP contribution < -0.4 is 25.6 Å². The first-order valence-electron chi connectivity index (χ1n) is 7.95. The molecule has 0 fully saturated rings. The molecule has 0 bridgehead atoms. The standard InChI is InChI=1S/C19H20BrN3O4/c1-12(8-18(24)21-15-6-4-14(20)5-7-15)22-23-19(25)13-9-16(26-2)11-17(10-13)27-3/h4-11,22H,1-3H3,(H,21,24)(H,23,25)/b12-8+. The second kappa shape index (κ2) is 9.63. The minimum absolute atomic E-state index is 0.320. The van der Waals surface area contributed by atoms with E-state index in [1.54, 1.807) is 37.3 Å². The molecule has 0 aliphatic carbocycles. The lowest BCUT2D eigenvalue weighted by molar-refractivity contribution is -0.112. The largest absolute Gasteiger partial charge is 0.497 e. The van der Waals surface area contributed by atoms with Crippen LogP contribution >= 0.6 is 15.9 Å². The average Bonchev–Trinajstić information content (AvgIpc) is 2.67.